The minimum Gasteiger partial charge on any atom is -0.324 e. The number of fused-ring (bicyclic) bond motifs is 1. The van der Waals surface area contributed by atoms with E-state index in [9.17, 15) is 4.79 Å². The molecule has 0 unspecified atom stereocenters. The van der Waals surface area contributed by atoms with E-state index < -0.39 is 0 Å². The van der Waals surface area contributed by atoms with Crippen LogP contribution in [-0.2, 0) is 11.3 Å². The molecule has 4 heteroatoms. The van der Waals surface area contributed by atoms with Crippen molar-refractivity contribution < 1.29 is 4.79 Å². The minimum atomic E-state index is -0.0676. The Labute approximate surface area is 129 Å². The molecule has 0 aliphatic carbocycles. The Bertz CT molecular complexity index is 849. The van der Waals surface area contributed by atoms with Crippen molar-refractivity contribution in [3.63, 3.8) is 0 Å². The second-order valence-electron chi connectivity index (χ2n) is 5.63. The molecular formula is C18H19N3O. The molecule has 0 atom stereocenters. The van der Waals surface area contributed by atoms with E-state index in [-0.39, 0.29) is 12.5 Å². The molecule has 0 radical (unpaired) electrons. The predicted molar refractivity (Wildman–Crippen MR) is 89.0 cm³/mol. The number of hydrogen-bond donors (Lipinski definition) is 1. The molecule has 0 spiro atoms. The summed E-state index contributed by atoms with van der Waals surface area (Å²) in [6.07, 6.45) is 0. The van der Waals surface area contributed by atoms with Crippen molar-refractivity contribution in [3.05, 3.63) is 59.3 Å². The first-order chi connectivity index (χ1) is 10.5. The van der Waals surface area contributed by atoms with Gasteiger partial charge in [0.2, 0.25) is 5.91 Å². The molecule has 1 amide bonds. The maximum Gasteiger partial charge on any atom is 0.246 e. The molecule has 1 aromatic heterocycles. The number of hydrogen-bond acceptors (Lipinski definition) is 2. The second-order valence-corrected chi connectivity index (χ2v) is 5.63. The fourth-order valence-electron chi connectivity index (χ4n) is 2.61. The number of aryl methyl sites for hydroxylation is 3. The summed E-state index contributed by atoms with van der Waals surface area (Å²) in [5.74, 6) is -0.0676. The van der Waals surface area contributed by atoms with Crippen LogP contribution in [0.5, 0.6) is 0 Å². The third-order valence-corrected chi connectivity index (χ3v) is 3.80. The van der Waals surface area contributed by atoms with Gasteiger partial charge < -0.3 is 5.32 Å². The number of para-hydroxylation sites is 1. The molecule has 1 N–H and O–H groups in total. The Kier molecular flexibility index (Phi) is 3.67. The average Bonchev–Trinajstić information content (AvgIpc) is 2.80. The summed E-state index contributed by atoms with van der Waals surface area (Å²) in [5.41, 5.74) is 4.96. The number of nitrogens with one attached hydrogen (secondary N) is 1. The van der Waals surface area contributed by atoms with E-state index in [2.05, 4.69) is 10.4 Å². The smallest absolute Gasteiger partial charge is 0.246 e. The molecule has 0 fully saturated rings. The standard InChI is InChI=1S/C18H19N3O/c1-12-8-9-13(2)16(10-12)19-18(22)11-21-17-7-5-4-6-15(17)14(3)20-21/h4-10H,11H2,1-3H3,(H,19,22). The molecule has 2 aromatic carbocycles. The first-order valence-electron chi connectivity index (χ1n) is 7.34. The summed E-state index contributed by atoms with van der Waals surface area (Å²) in [4.78, 5) is 12.3. The highest BCUT2D eigenvalue weighted by Crippen LogP contribution is 2.19. The van der Waals surface area contributed by atoms with Crippen molar-refractivity contribution >= 4 is 22.5 Å². The highest BCUT2D eigenvalue weighted by molar-refractivity contribution is 5.92. The van der Waals surface area contributed by atoms with Gasteiger partial charge in [-0.25, -0.2) is 0 Å². The molecule has 0 bridgehead atoms. The van der Waals surface area contributed by atoms with Crippen LogP contribution in [0.3, 0.4) is 0 Å². The highest BCUT2D eigenvalue weighted by atomic mass is 16.2. The van der Waals surface area contributed by atoms with Crippen molar-refractivity contribution in [2.75, 3.05) is 5.32 Å². The maximum absolute atomic E-state index is 12.3. The molecule has 4 nitrogen and oxygen atoms in total. The van der Waals surface area contributed by atoms with E-state index in [1.807, 2.05) is 63.2 Å². The van der Waals surface area contributed by atoms with Gasteiger partial charge in [0.05, 0.1) is 11.2 Å². The zero-order valence-electron chi connectivity index (χ0n) is 13.1. The molecule has 0 aliphatic heterocycles. The van der Waals surface area contributed by atoms with E-state index >= 15 is 0 Å². The van der Waals surface area contributed by atoms with Gasteiger partial charge >= 0.3 is 0 Å². The molecule has 3 aromatic rings. The number of aromatic nitrogens is 2. The van der Waals surface area contributed by atoms with Crippen LogP contribution in [0.25, 0.3) is 10.9 Å². The topological polar surface area (TPSA) is 46.9 Å². The fraction of sp³-hybridized carbons (Fsp3) is 0.222. The van der Waals surface area contributed by atoms with Crippen LogP contribution in [0.1, 0.15) is 16.8 Å². The van der Waals surface area contributed by atoms with Gasteiger partial charge in [0.1, 0.15) is 6.54 Å². The van der Waals surface area contributed by atoms with Crippen molar-refractivity contribution in [3.8, 4) is 0 Å². The number of anilines is 1. The molecule has 3 rings (SSSR count). The van der Waals surface area contributed by atoms with Gasteiger partial charge in [-0.1, -0.05) is 30.3 Å². The maximum atomic E-state index is 12.3. The van der Waals surface area contributed by atoms with Gasteiger partial charge in [-0.2, -0.15) is 5.10 Å². The zero-order chi connectivity index (χ0) is 15.7. The van der Waals surface area contributed by atoms with Crippen LogP contribution < -0.4 is 5.32 Å². The second kappa shape index (κ2) is 5.64. The SMILES string of the molecule is Cc1ccc(C)c(NC(=O)Cn2nc(C)c3ccccc32)c1. The lowest BCUT2D eigenvalue weighted by atomic mass is 10.1. The fourth-order valence-corrected chi connectivity index (χ4v) is 2.61. The van der Waals surface area contributed by atoms with Gasteiger partial charge in [-0.3, -0.25) is 9.48 Å². The molecular weight excluding hydrogens is 274 g/mol. The van der Waals surface area contributed by atoms with Gasteiger partial charge in [0.15, 0.2) is 0 Å². The Hall–Kier alpha value is -2.62. The van der Waals surface area contributed by atoms with Crippen molar-refractivity contribution in [2.24, 2.45) is 0 Å². The van der Waals surface area contributed by atoms with Gasteiger partial charge in [0.25, 0.3) is 0 Å². The van der Waals surface area contributed by atoms with Crippen molar-refractivity contribution in [1.82, 2.24) is 9.78 Å². The van der Waals surface area contributed by atoms with Crippen LogP contribution in [0.2, 0.25) is 0 Å². The van der Waals surface area contributed by atoms with E-state index in [0.29, 0.717) is 0 Å². The monoisotopic (exact) mass is 293 g/mol. The molecule has 1 heterocycles. The number of amides is 1. The van der Waals surface area contributed by atoms with Gasteiger partial charge in [-0.05, 0) is 44.0 Å². The summed E-state index contributed by atoms with van der Waals surface area (Å²) in [6, 6.07) is 14.0. The quantitative estimate of drug-likeness (QED) is 0.802. The Morgan fingerprint density at radius 2 is 1.91 bits per heavy atom. The Morgan fingerprint density at radius 3 is 2.73 bits per heavy atom. The largest absolute Gasteiger partial charge is 0.324 e. The summed E-state index contributed by atoms with van der Waals surface area (Å²) >= 11 is 0. The third-order valence-electron chi connectivity index (χ3n) is 3.80. The molecule has 112 valence electrons. The Balaban J connectivity index is 1.83. The van der Waals surface area contributed by atoms with Crippen LogP contribution in [0.4, 0.5) is 5.69 Å². The van der Waals surface area contributed by atoms with E-state index in [0.717, 1.165) is 33.4 Å². The number of benzene rings is 2. The van der Waals surface area contributed by atoms with Gasteiger partial charge in [0, 0.05) is 11.1 Å². The summed E-state index contributed by atoms with van der Waals surface area (Å²) in [5, 5.41) is 8.53. The van der Waals surface area contributed by atoms with Crippen LogP contribution in [0.15, 0.2) is 42.5 Å². The summed E-state index contributed by atoms with van der Waals surface area (Å²) in [7, 11) is 0. The molecule has 22 heavy (non-hydrogen) atoms. The number of carbonyl (C=O) groups excluding carboxylic acids is 1. The molecule has 0 aliphatic rings. The normalized spacial score (nSPS) is 10.9. The lowest BCUT2D eigenvalue weighted by Gasteiger charge is -2.10. The first-order valence-corrected chi connectivity index (χ1v) is 7.34. The van der Waals surface area contributed by atoms with Crippen LogP contribution in [0, 0.1) is 20.8 Å². The minimum absolute atomic E-state index is 0.0676. The van der Waals surface area contributed by atoms with Crippen LogP contribution >= 0.6 is 0 Å². The average molecular weight is 293 g/mol. The lowest BCUT2D eigenvalue weighted by molar-refractivity contribution is -0.116. The Morgan fingerprint density at radius 1 is 1.14 bits per heavy atom. The van der Waals surface area contributed by atoms with Crippen LogP contribution in [-0.4, -0.2) is 15.7 Å². The number of carbonyl (C=O) groups is 1. The van der Waals surface area contributed by atoms with E-state index in [1.165, 1.54) is 0 Å². The van der Waals surface area contributed by atoms with Crippen molar-refractivity contribution in [2.45, 2.75) is 27.3 Å². The van der Waals surface area contributed by atoms with E-state index in [1.54, 1.807) is 4.68 Å². The predicted octanol–water partition coefficient (Wildman–Crippen LogP) is 3.60. The molecule has 0 saturated heterocycles. The number of nitrogens with zero attached hydrogens (tertiary/aromatic N) is 2. The zero-order valence-corrected chi connectivity index (χ0v) is 13.1. The lowest BCUT2D eigenvalue weighted by Crippen LogP contribution is -2.20. The number of rotatable bonds is 3. The third kappa shape index (κ3) is 2.72. The van der Waals surface area contributed by atoms with Crippen molar-refractivity contribution in [1.29, 1.82) is 0 Å². The van der Waals surface area contributed by atoms with E-state index in [4.69, 9.17) is 0 Å². The summed E-state index contributed by atoms with van der Waals surface area (Å²) in [6.45, 7) is 6.17. The highest BCUT2D eigenvalue weighted by Gasteiger charge is 2.11. The molecule has 0 saturated carbocycles. The summed E-state index contributed by atoms with van der Waals surface area (Å²) < 4.78 is 1.76. The first kappa shape index (κ1) is 14.3. The van der Waals surface area contributed by atoms with Gasteiger partial charge in [-0.15, -0.1) is 0 Å².